The Bertz CT molecular complexity index is 661. The molecule has 0 atom stereocenters. The Morgan fingerprint density at radius 2 is 2.16 bits per heavy atom. The molecule has 0 radical (unpaired) electrons. The van der Waals surface area contributed by atoms with Gasteiger partial charge in [-0.15, -0.1) is 0 Å². The first-order valence-corrected chi connectivity index (χ1v) is 6.43. The van der Waals surface area contributed by atoms with Crippen LogP contribution in [0.5, 0.6) is 0 Å². The summed E-state index contributed by atoms with van der Waals surface area (Å²) in [5.41, 5.74) is 1.17. The van der Waals surface area contributed by atoms with Gasteiger partial charge in [-0.25, -0.2) is 14.6 Å². The Kier molecular flexibility index (Phi) is 3.03. The molecule has 1 N–H and O–H groups in total. The van der Waals surface area contributed by atoms with E-state index in [9.17, 15) is 4.79 Å². The molecule has 3 aromatic heterocycles. The highest BCUT2D eigenvalue weighted by Gasteiger charge is 2.07. The van der Waals surface area contributed by atoms with Gasteiger partial charge in [0, 0.05) is 17.8 Å². The third-order valence-electron chi connectivity index (χ3n) is 2.39. The molecule has 0 spiro atoms. The van der Waals surface area contributed by atoms with Crippen LogP contribution < -0.4 is 5.32 Å². The minimum atomic E-state index is -0.170. The summed E-state index contributed by atoms with van der Waals surface area (Å²) in [7, 11) is 0. The van der Waals surface area contributed by atoms with Gasteiger partial charge >= 0.3 is 0 Å². The second kappa shape index (κ2) is 4.99. The van der Waals surface area contributed by atoms with Crippen LogP contribution in [0, 0.1) is 0 Å². The molecule has 3 heterocycles. The number of anilines is 1. The molecule has 19 heavy (non-hydrogen) atoms. The maximum Gasteiger partial charge on any atom is 0.256 e. The average Bonchev–Trinajstić information content (AvgIpc) is 3.13. The molecule has 0 aliphatic rings. The minimum Gasteiger partial charge on any atom is -0.319 e. The van der Waals surface area contributed by atoms with Gasteiger partial charge in [-0.05, 0) is 17.5 Å². The van der Waals surface area contributed by atoms with Crippen molar-refractivity contribution in [1.82, 2.24) is 19.7 Å². The minimum absolute atomic E-state index is 0.170. The number of nitrogens with one attached hydrogen (secondary N) is 1. The van der Waals surface area contributed by atoms with Crippen molar-refractivity contribution in [2.45, 2.75) is 0 Å². The lowest BCUT2D eigenvalue weighted by Gasteiger charge is -2.04. The van der Waals surface area contributed by atoms with Gasteiger partial charge in [0.25, 0.3) is 11.9 Å². The predicted molar refractivity (Wildman–Crippen MR) is 71.4 cm³/mol. The fourth-order valence-corrected chi connectivity index (χ4v) is 2.12. The molecule has 3 aromatic rings. The molecule has 0 saturated carbocycles. The molecule has 0 aliphatic carbocycles. The van der Waals surface area contributed by atoms with E-state index in [1.807, 2.05) is 5.38 Å². The maximum absolute atomic E-state index is 11.8. The molecule has 1 amide bonds. The molecular formula is C12H9N5OS. The Labute approximate surface area is 112 Å². The summed E-state index contributed by atoms with van der Waals surface area (Å²) in [6.45, 7) is 0. The van der Waals surface area contributed by atoms with Gasteiger partial charge in [-0.2, -0.15) is 16.4 Å². The molecule has 0 bridgehead atoms. The highest BCUT2D eigenvalue weighted by molar-refractivity contribution is 7.08. The van der Waals surface area contributed by atoms with Crippen LogP contribution in [0.4, 0.5) is 5.69 Å². The summed E-state index contributed by atoms with van der Waals surface area (Å²) in [6, 6.07) is 3.55. The van der Waals surface area contributed by atoms with Crippen LogP contribution >= 0.6 is 11.3 Å². The second-order valence-corrected chi connectivity index (χ2v) is 4.47. The zero-order valence-electron chi connectivity index (χ0n) is 9.72. The quantitative estimate of drug-likeness (QED) is 0.790. The van der Waals surface area contributed by atoms with Crippen LogP contribution in [0.3, 0.4) is 0 Å². The number of rotatable bonds is 3. The van der Waals surface area contributed by atoms with Gasteiger partial charge in [0.2, 0.25) is 0 Å². The summed E-state index contributed by atoms with van der Waals surface area (Å²) in [5, 5.41) is 10.4. The Morgan fingerprint density at radius 1 is 1.32 bits per heavy atom. The van der Waals surface area contributed by atoms with E-state index in [4.69, 9.17) is 0 Å². The molecule has 6 nitrogen and oxygen atoms in total. The van der Waals surface area contributed by atoms with E-state index in [2.05, 4.69) is 20.4 Å². The second-order valence-electron chi connectivity index (χ2n) is 3.69. The number of hydrogen-bond acceptors (Lipinski definition) is 5. The third-order valence-corrected chi connectivity index (χ3v) is 3.07. The molecule has 0 fully saturated rings. The van der Waals surface area contributed by atoms with E-state index < -0.39 is 0 Å². The number of carbonyl (C=O) groups excluding carboxylic acids is 1. The van der Waals surface area contributed by atoms with E-state index in [0.29, 0.717) is 17.2 Å². The lowest BCUT2D eigenvalue weighted by molar-refractivity contribution is 0.102. The van der Waals surface area contributed by atoms with Crippen molar-refractivity contribution in [3.8, 4) is 5.95 Å². The molecule has 3 rings (SSSR count). The number of aromatic nitrogens is 4. The van der Waals surface area contributed by atoms with Crippen molar-refractivity contribution in [2.24, 2.45) is 0 Å². The maximum atomic E-state index is 11.8. The van der Waals surface area contributed by atoms with E-state index in [0.717, 1.165) is 0 Å². The topological polar surface area (TPSA) is 72.7 Å². The highest BCUT2D eigenvalue weighted by Crippen LogP contribution is 2.10. The smallest absolute Gasteiger partial charge is 0.256 e. The van der Waals surface area contributed by atoms with Crippen LogP contribution in [-0.2, 0) is 0 Å². The van der Waals surface area contributed by atoms with Crippen LogP contribution in [0.15, 0.2) is 47.7 Å². The molecule has 94 valence electrons. The first-order valence-electron chi connectivity index (χ1n) is 5.48. The SMILES string of the molecule is O=C(Nc1cnc(-n2cccn2)nc1)c1ccsc1. The first kappa shape index (κ1) is 11.5. The number of carbonyl (C=O) groups is 1. The van der Waals surface area contributed by atoms with Crippen molar-refractivity contribution < 1.29 is 4.79 Å². The number of hydrogen-bond donors (Lipinski definition) is 1. The number of thiophene rings is 1. The zero-order chi connectivity index (χ0) is 13.1. The van der Waals surface area contributed by atoms with Crippen molar-refractivity contribution in [1.29, 1.82) is 0 Å². The standard InChI is InChI=1S/C12H9N5OS/c18-11(9-2-5-19-8-9)16-10-6-13-12(14-7-10)17-4-1-3-15-17/h1-8H,(H,16,18). The molecule has 0 aromatic carbocycles. The summed E-state index contributed by atoms with van der Waals surface area (Å²) in [6.07, 6.45) is 6.50. The van der Waals surface area contributed by atoms with E-state index in [1.54, 1.807) is 47.0 Å². The highest BCUT2D eigenvalue weighted by atomic mass is 32.1. The van der Waals surface area contributed by atoms with Crippen LogP contribution in [0.2, 0.25) is 0 Å². The van der Waals surface area contributed by atoms with Gasteiger partial charge < -0.3 is 5.32 Å². The van der Waals surface area contributed by atoms with Crippen LogP contribution in [0.1, 0.15) is 10.4 Å². The van der Waals surface area contributed by atoms with E-state index in [-0.39, 0.29) is 5.91 Å². The Morgan fingerprint density at radius 3 is 2.79 bits per heavy atom. The lowest BCUT2D eigenvalue weighted by Crippen LogP contribution is -2.12. The van der Waals surface area contributed by atoms with Gasteiger partial charge in [0.05, 0.1) is 23.6 Å². The first-order chi connectivity index (χ1) is 9.33. The summed E-state index contributed by atoms with van der Waals surface area (Å²) >= 11 is 1.48. The molecule has 0 unspecified atom stereocenters. The summed E-state index contributed by atoms with van der Waals surface area (Å²) in [5.74, 6) is 0.287. The van der Waals surface area contributed by atoms with Gasteiger partial charge in [-0.3, -0.25) is 4.79 Å². The van der Waals surface area contributed by atoms with Gasteiger partial charge in [0.15, 0.2) is 0 Å². The Hall–Kier alpha value is -2.54. The largest absolute Gasteiger partial charge is 0.319 e. The average molecular weight is 271 g/mol. The van der Waals surface area contributed by atoms with Crippen LogP contribution in [0.25, 0.3) is 5.95 Å². The number of amides is 1. The normalized spacial score (nSPS) is 10.3. The van der Waals surface area contributed by atoms with Gasteiger partial charge in [0.1, 0.15) is 0 Å². The molecular weight excluding hydrogens is 262 g/mol. The number of nitrogens with zero attached hydrogens (tertiary/aromatic N) is 4. The van der Waals surface area contributed by atoms with Crippen molar-refractivity contribution in [3.63, 3.8) is 0 Å². The molecule has 0 saturated heterocycles. The fraction of sp³-hybridized carbons (Fsp3) is 0. The summed E-state index contributed by atoms with van der Waals surface area (Å²) < 4.78 is 1.55. The fourth-order valence-electron chi connectivity index (χ4n) is 1.49. The van der Waals surface area contributed by atoms with E-state index in [1.165, 1.54) is 11.3 Å². The Balaban J connectivity index is 1.75. The van der Waals surface area contributed by atoms with Crippen molar-refractivity contribution >= 4 is 22.9 Å². The van der Waals surface area contributed by atoms with Crippen LogP contribution in [-0.4, -0.2) is 25.7 Å². The third kappa shape index (κ3) is 2.50. The zero-order valence-corrected chi connectivity index (χ0v) is 10.5. The monoisotopic (exact) mass is 271 g/mol. The summed E-state index contributed by atoms with van der Waals surface area (Å²) in [4.78, 5) is 20.1. The molecule has 7 heteroatoms. The lowest BCUT2D eigenvalue weighted by atomic mass is 10.3. The van der Waals surface area contributed by atoms with Crippen molar-refractivity contribution in [3.05, 3.63) is 53.2 Å². The van der Waals surface area contributed by atoms with Gasteiger partial charge in [-0.1, -0.05) is 0 Å². The predicted octanol–water partition coefficient (Wildman–Crippen LogP) is 1.98. The van der Waals surface area contributed by atoms with E-state index >= 15 is 0 Å². The van der Waals surface area contributed by atoms with Crippen molar-refractivity contribution in [2.75, 3.05) is 5.32 Å². The molecule has 0 aliphatic heterocycles.